The summed E-state index contributed by atoms with van der Waals surface area (Å²) in [6, 6.07) is 4.76. The standard InChI is InChI=1S/C17H28N2/c1-12(2)15(13(3)4)11-19-16-9-5-7-14-8-6-10-18-17(14)16/h6,8,10,12-13,15-16,19H,5,7,9,11H2,1-4H3. The van der Waals surface area contributed by atoms with Crippen LogP contribution in [0.4, 0.5) is 0 Å². The highest BCUT2D eigenvalue weighted by Gasteiger charge is 2.23. The topological polar surface area (TPSA) is 24.9 Å². The summed E-state index contributed by atoms with van der Waals surface area (Å²) in [4.78, 5) is 4.61. The maximum atomic E-state index is 4.61. The lowest BCUT2D eigenvalue weighted by Crippen LogP contribution is -2.34. The van der Waals surface area contributed by atoms with Gasteiger partial charge in [0.2, 0.25) is 0 Å². The van der Waals surface area contributed by atoms with E-state index in [0.717, 1.165) is 24.3 Å². The second-order valence-electron chi connectivity index (χ2n) is 6.55. The van der Waals surface area contributed by atoms with E-state index in [2.05, 4.69) is 50.1 Å². The molecule has 1 atom stereocenters. The minimum Gasteiger partial charge on any atom is -0.308 e. The highest BCUT2D eigenvalue weighted by Crippen LogP contribution is 2.28. The molecule has 1 aliphatic rings. The average Bonchev–Trinajstić information content (AvgIpc) is 2.38. The van der Waals surface area contributed by atoms with Crippen LogP contribution in [0.3, 0.4) is 0 Å². The van der Waals surface area contributed by atoms with E-state index in [4.69, 9.17) is 0 Å². The Hall–Kier alpha value is -0.890. The molecule has 0 bridgehead atoms. The van der Waals surface area contributed by atoms with Crippen molar-refractivity contribution < 1.29 is 0 Å². The molecule has 1 unspecified atom stereocenters. The first-order chi connectivity index (χ1) is 9.09. The van der Waals surface area contributed by atoms with Crippen molar-refractivity contribution in [2.24, 2.45) is 17.8 Å². The maximum Gasteiger partial charge on any atom is 0.0605 e. The lowest BCUT2D eigenvalue weighted by atomic mass is 9.84. The Morgan fingerprint density at radius 2 is 2.00 bits per heavy atom. The number of nitrogens with one attached hydrogen (secondary N) is 1. The molecule has 1 aliphatic carbocycles. The number of pyridine rings is 1. The third kappa shape index (κ3) is 3.56. The molecule has 1 N–H and O–H groups in total. The molecule has 2 nitrogen and oxygen atoms in total. The normalized spacial score (nSPS) is 19.2. The van der Waals surface area contributed by atoms with Gasteiger partial charge in [0.05, 0.1) is 5.69 Å². The van der Waals surface area contributed by atoms with E-state index in [1.807, 2.05) is 6.20 Å². The van der Waals surface area contributed by atoms with Crippen molar-refractivity contribution in [2.75, 3.05) is 6.54 Å². The largest absolute Gasteiger partial charge is 0.308 e. The number of hydrogen-bond acceptors (Lipinski definition) is 2. The van der Waals surface area contributed by atoms with Crippen molar-refractivity contribution >= 4 is 0 Å². The highest BCUT2D eigenvalue weighted by molar-refractivity contribution is 5.25. The summed E-state index contributed by atoms with van der Waals surface area (Å²) in [7, 11) is 0. The Bertz CT molecular complexity index is 390. The van der Waals surface area contributed by atoms with Crippen LogP contribution >= 0.6 is 0 Å². The fourth-order valence-electron chi connectivity index (χ4n) is 3.33. The fraction of sp³-hybridized carbons (Fsp3) is 0.706. The molecule has 2 rings (SSSR count). The second kappa shape index (κ2) is 6.51. The van der Waals surface area contributed by atoms with Crippen LogP contribution in [0, 0.1) is 17.8 Å². The Labute approximate surface area is 118 Å². The Morgan fingerprint density at radius 1 is 1.26 bits per heavy atom. The summed E-state index contributed by atoms with van der Waals surface area (Å²) in [5.74, 6) is 2.22. The minimum absolute atomic E-state index is 0.463. The average molecular weight is 260 g/mol. The molecular formula is C17H28N2. The van der Waals surface area contributed by atoms with E-state index in [9.17, 15) is 0 Å². The molecule has 0 radical (unpaired) electrons. The molecule has 0 aromatic carbocycles. The summed E-state index contributed by atoms with van der Waals surface area (Å²) in [5.41, 5.74) is 2.73. The summed E-state index contributed by atoms with van der Waals surface area (Å²) in [6.07, 6.45) is 5.64. The zero-order valence-corrected chi connectivity index (χ0v) is 12.8. The van der Waals surface area contributed by atoms with Gasteiger partial charge in [0.1, 0.15) is 0 Å². The molecule has 0 saturated heterocycles. The summed E-state index contributed by atoms with van der Waals surface area (Å²) in [6.45, 7) is 10.4. The van der Waals surface area contributed by atoms with Crippen LogP contribution in [0.15, 0.2) is 18.3 Å². The van der Waals surface area contributed by atoms with Gasteiger partial charge in [-0.05, 0) is 55.2 Å². The third-order valence-electron chi connectivity index (χ3n) is 4.51. The zero-order valence-electron chi connectivity index (χ0n) is 12.8. The van der Waals surface area contributed by atoms with E-state index in [1.54, 1.807) is 0 Å². The van der Waals surface area contributed by atoms with Crippen LogP contribution in [-0.2, 0) is 6.42 Å². The van der Waals surface area contributed by atoms with Gasteiger partial charge in [-0.25, -0.2) is 0 Å². The van der Waals surface area contributed by atoms with Gasteiger partial charge in [0.15, 0.2) is 0 Å². The molecule has 1 aromatic rings. The number of rotatable bonds is 5. The Kier molecular flexibility index (Phi) is 4.98. The van der Waals surface area contributed by atoms with Gasteiger partial charge in [-0.2, -0.15) is 0 Å². The smallest absolute Gasteiger partial charge is 0.0605 e. The van der Waals surface area contributed by atoms with Gasteiger partial charge in [0.25, 0.3) is 0 Å². The number of aromatic nitrogens is 1. The molecule has 19 heavy (non-hydrogen) atoms. The predicted molar refractivity (Wildman–Crippen MR) is 81.1 cm³/mol. The van der Waals surface area contributed by atoms with Crippen LogP contribution in [0.2, 0.25) is 0 Å². The molecule has 0 saturated carbocycles. The summed E-state index contributed by atoms with van der Waals surface area (Å²) >= 11 is 0. The molecule has 0 aliphatic heterocycles. The van der Waals surface area contributed by atoms with Gasteiger partial charge in [-0.15, -0.1) is 0 Å². The molecule has 106 valence electrons. The quantitative estimate of drug-likeness (QED) is 0.866. The maximum absolute atomic E-state index is 4.61. The number of hydrogen-bond donors (Lipinski definition) is 1. The number of aryl methyl sites for hydroxylation is 1. The van der Waals surface area contributed by atoms with E-state index < -0.39 is 0 Å². The van der Waals surface area contributed by atoms with Crippen molar-refractivity contribution in [2.45, 2.75) is 53.0 Å². The summed E-state index contributed by atoms with van der Waals surface area (Å²) in [5, 5.41) is 3.78. The zero-order chi connectivity index (χ0) is 13.8. The SMILES string of the molecule is CC(C)C(CNC1CCCc2cccnc21)C(C)C. The lowest BCUT2D eigenvalue weighted by molar-refractivity contribution is 0.259. The van der Waals surface area contributed by atoms with Gasteiger partial charge >= 0.3 is 0 Å². The molecule has 1 aromatic heterocycles. The summed E-state index contributed by atoms with van der Waals surface area (Å²) < 4.78 is 0. The van der Waals surface area contributed by atoms with Gasteiger partial charge in [-0.1, -0.05) is 33.8 Å². The highest BCUT2D eigenvalue weighted by atomic mass is 14.9. The fourth-order valence-corrected chi connectivity index (χ4v) is 3.33. The van der Waals surface area contributed by atoms with Gasteiger partial charge in [0, 0.05) is 12.2 Å². The van der Waals surface area contributed by atoms with Crippen molar-refractivity contribution in [3.05, 3.63) is 29.6 Å². The first-order valence-corrected chi connectivity index (χ1v) is 7.76. The van der Waals surface area contributed by atoms with E-state index in [-0.39, 0.29) is 0 Å². The lowest BCUT2D eigenvalue weighted by Gasteiger charge is -2.30. The van der Waals surface area contributed by atoms with E-state index in [1.165, 1.54) is 30.5 Å². The molecular weight excluding hydrogens is 232 g/mol. The van der Waals surface area contributed by atoms with E-state index >= 15 is 0 Å². The van der Waals surface area contributed by atoms with Gasteiger partial charge in [-0.3, -0.25) is 4.98 Å². The second-order valence-corrected chi connectivity index (χ2v) is 6.55. The molecule has 1 heterocycles. The monoisotopic (exact) mass is 260 g/mol. The molecule has 0 fully saturated rings. The Morgan fingerprint density at radius 3 is 2.68 bits per heavy atom. The minimum atomic E-state index is 0.463. The van der Waals surface area contributed by atoms with Crippen molar-refractivity contribution in [1.82, 2.24) is 10.3 Å². The number of fused-ring (bicyclic) bond motifs is 1. The van der Waals surface area contributed by atoms with E-state index in [0.29, 0.717) is 6.04 Å². The van der Waals surface area contributed by atoms with Crippen LogP contribution in [0.1, 0.15) is 57.8 Å². The predicted octanol–water partition coefficient (Wildman–Crippen LogP) is 3.98. The molecule has 0 spiro atoms. The van der Waals surface area contributed by atoms with Crippen molar-refractivity contribution in [3.63, 3.8) is 0 Å². The van der Waals surface area contributed by atoms with Crippen LogP contribution < -0.4 is 5.32 Å². The first kappa shape index (κ1) is 14.5. The van der Waals surface area contributed by atoms with Crippen LogP contribution in [0.25, 0.3) is 0 Å². The number of nitrogens with zero attached hydrogens (tertiary/aromatic N) is 1. The molecule has 2 heteroatoms. The third-order valence-corrected chi connectivity index (χ3v) is 4.51. The van der Waals surface area contributed by atoms with Gasteiger partial charge < -0.3 is 5.32 Å². The Balaban J connectivity index is 2.01. The van der Waals surface area contributed by atoms with Crippen LogP contribution in [0.5, 0.6) is 0 Å². The van der Waals surface area contributed by atoms with Crippen molar-refractivity contribution in [3.8, 4) is 0 Å². The van der Waals surface area contributed by atoms with Crippen molar-refractivity contribution in [1.29, 1.82) is 0 Å². The van der Waals surface area contributed by atoms with Crippen LogP contribution in [-0.4, -0.2) is 11.5 Å². The first-order valence-electron chi connectivity index (χ1n) is 7.76. The molecule has 0 amide bonds.